The molecule has 144 valence electrons. The van der Waals surface area contributed by atoms with Gasteiger partial charge in [0.05, 0.1) is 10.5 Å². The SMILES string of the molecule is CSc1ccc(S(=O)(=O)N2CCCCCC2)cc1C(=O)N1CCCCC1. The van der Waals surface area contributed by atoms with Crippen molar-refractivity contribution in [3.8, 4) is 0 Å². The van der Waals surface area contributed by atoms with E-state index in [1.807, 2.05) is 11.2 Å². The van der Waals surface area contributed by atoms with Crippen molar-refractivity contribution in [1.82, 2.24) is 9.21 Å². The topological polar surface area (TPSA) is 57.7 Å². The first-order chi connectivity index (χ1) is 12.5. The van der Waals surface area contributed by atoms with E-state index in [0.29, 0.717) is 18.7 Å². The molecule has 3 rings (SSSR count). The summed E-state index contributed by atoms with van der Waals surface area (Å²) < 4.78 is 27.8. The van der Waals surface area contributed by atoms with Gasteiger partial charge in [0.2, 0.25) is 10.0 Å². The third-order valence-electron chi connectivity index (χ3n) is 5.25. The third-order valence-corrected chi connectivity index (χ3v) is 7.94. The highest BCUT2D eigenvalue weighted by atomic mass is 32.2. The second-order valence-electron chi connectivity index (χ2n) is 7.03. The van der Waals surface area contributed by atoms with E-state index in [2.05, 4.69) is 0 Å². The standard InChI is InChI=1S/C19H28N2O3S2/c1-25-18-10-9-16(26(23,24)21-13-7-2-3-8-14-21)15-17(18)19(22)20-11-5-4-6-12-20/h9-10,15H,2-8,11-14H2,1H3. The number of amides is 1. The Balaban J connectivity index is 1.92. The number of hydrogen-bond donors (Lipinski definition) is 0. The molecule has 2 fully saturated rings. The highest BCUT2D eigenvalue weighted by Gasteiger charge is 2.28. The monoisotopic (exact) mass is 396 g/mol. The molecule has 1 aromatic carbocycles. The highest BCUT2D eigenvalue weighted by Crippen LogP contribution is 2.28. The maximum absolute atomic E-state index is 13.1. The Morgan fingerprint density at radius 1 is 0.923 bits per heavy atom. The molecule has 0 saturated carbocycles. The molecule has 5 nitrogen and oxygen atoms in total. The summed E-state index contributed by atoms with van der Waals surface area (Å²) in [6.45, 7) is 2.66. The second kappa shape index (κ2) is 8.76. The summed E-state index contributed by atoms with van der Waals surface area (Å²) in [7, 11) is -3.54. The van der Waals surface area contributed by atoms with E-state index in [-0.39, 0.29) is 10.8 Å². The zero-order chi connectivity index (χ0) is 18.6. The van der Waals surface area contributed by atoms with Crippen LogP contribution in [0.25, 0.3) is 0 Å². The van der Waals surface area contributed by atoms with Crippen molar-refractivity contribution in [3.05, 3.63) is 23.8 Å². The molecule has 0 aliphatic carbocycles. The molecule has 26 heavy (non-hydrogen) atoms. The normalized spacial score (nSPS) is 20.0. The van der Waals surface area contributed by atoms with E-state index in [4.69, 9.17) is 0 Å². The maximum atomic E-state index is 13.1. The fourth-order valence-corrected chi connectivity index (χ4v) is 5.83. The Bertz CT molecular complexity index is 735. The molecule has 0 N–H and O–H groups in total. The Hall–Kier alpha value is -1.05. The lowest BCUT2D eigenvalue weighted by atomic mass is 10.1. The minimum absolute atomic E-state index is 0.0398. The minimum Gasteiger partial charge on any atom is -0.339 e. The summed E-state index contributed by atoms with van der Waals surface area (Å²) in [5.74, 6) is -0.0398. The summed E-state index contributed by atoms with van der Waals surface area (Å²) in [5, 5.41) is 0. The van der Waals surface area contributed by atoms with E-state index >= 15 is 0 Å². The van der Waals surface area contributed by atoms with Gasteiger partial charge < -0.3 is 4.90 Å². The van der Waals surface area contributed by atoms with Gasteiger partial charge in [0.15, 0.2) is 0 Å². The number of sulfonamides is 1. The first kappa shape index (κ1) is 19.7. The van der Waals surface area contributed by atoms with Crippen molar-refractivity contribution in [2.24, 2.45) is 0 Å². The van der Waals surface area contributed by atoms with Gasteiger partial charge in [-0.05, 0) is 56.6 Å². The number of carbonyl (C=O) groups excluding carboxylic acids is 1. The highest BCUT2D eigenvalue weighted by molar-refractivity contribution is 7.98. The molecule has 1 aromatic rings. The zero-order valence-electron chi connectivity index (χ0n) is 15.4. The van der Waals surface area contributed by atoms with Crippen LogP contribution in [0.1, 0.15) is 55.3 Å². The van der Waals surface area contributed by atoms with Crippen LogP contribution in [0.5, 0.6) is 0 Å². The van der Waals surface area contributed by atoms with Crippen molar-refractivity contribution in [1.29, 1.82) is 0 Å². The molecule has 2 heterocycles. The van der Waals surface area contributed by atoms with Gasteiger partial charge in [-0.25, -0.2) is 8.42 Å². The van der Waals surface area contributed by atoms with E-state index in [9.17, 15) is 13.2 Å². The van der Waals surface area contributed by atoms with Crippen LogP contribution >= 0.6 is 11.8 Å². The van der Waals surface area contributed by atoms with Crippen LogP contribution in [0.15, 0.2) is 28.0 Å². The molecule has 0 radical (unpaired) electrons. The minimum atomic E-state index is -3.54. The van der Waals surface area contributed by atoms with E-state index < -0.39 is 10.0 Å². The number of nitrogens with zero attached hydrogens (tertiary/aromatic N) is 2. The summed E-state index contributed by atoms with van der Waals surface area (Å²) in [5.41, 5.74) is 0.523. The van der Waals surface area contributed by atoms with Gasteiger partial charge in [-0.3, -0.25) is 4.79 Å². The predicted molar refractivity (Wildman–Crippen MR) is 105 cm³/mol. The second-order valence-corrected chi connectivity index (χ2v) is 9.82. The number of thioether (sulfide) groups is 1. The zero-order valence-corrected chi connectivity index (χ0v) is 17.1. The Labute approximate surface area is 161 Å². The van der Waals surface area contributed by atoms with Crippen molar-refractivity contribution in [2.75, 3.05) is 32.4 Å². The number of rotatable bonds is 4. The smallest absolute Gasteiger partial charge is 0.255 e. The van der Waals surface area contributed by atoms with Crippen molar-refractivity contribution in [2.45, 2.75) is 54.7 Å². The molecule has 2 saturated heterocycles. The summed E-state index contributed by atoms with van der Waals surface area (Å²) in [6, 6.07) is 5.04. The van der Waals surface area contributed by atoms with E-state index in [1.165, 1.54) is 11.8 Å². The van der Waals surface area contributed by atoms with E-state index in [0.717, 1.165) is 62.9 Å². The van der Waals surface area contributed by atoms with E-state index in [1.54, 1.807) is 22.5 Å². The fraction of sp³-hybridized carbons (Fsp3) is 0.632. The lowest BCUT2D eigenvalue weighted by molar-refractivity contribution is 0.0720. The van der Waals surface area contributed by atoms with Crippen LogP contribution in [0.4, 0.5) is 0 Å². The van der Waals surface area contributed by atoms with Crippen LogP contribution in [0.2, 0.25) is 0 Å². The number of benzene rings is 1. The van der Waals surface area contributed by atoms with Crippen LogP contribution < -0.4 is 0 Å². The molecule has 0 atom stereocenters. The molecule has 0 unspecified atom stereocenters. The summed E-state index contributed by atoms with van der Waals surface area (Å²) in [4.78, 5) is 15.9. The van der Waals surface area contributed by atoms with Gasteiger partial charge in [-0.1, -0.05) is 12.8 Å². The summed E-state index contributed by atoms with van der Waals surface area (Å²) >= 11 is 1.49. The quantitative estimate of drug-likeness (QED) is 0.730. The Morgan fingerprint density at radius 3 is 2.12 bits per heavy atom. The lowest BCUT2D eigenvalue weighted by Gasteiger charge is -2.28. The fourth-order valence-electron chi connectivity index (χ4n) is 3.71. The molecule has 7 heteroatoms. The van der Waals surface area contributed by atoms with Gasteiger partial charge in [-0.15, -0.1) is 11.8 Å². The number of likely N-dealkylation sites (tertiary alicyclic amines) is 1. The molecule has 2 aliphatic rings. The van der Waals surface area contributed by atoms with Gasteiger partial charge in [-0.2, -0.15) is 4.31 Å². The summed E-state index contributed by atoms with van der Waals surface area (Å²) in [6.07, 6.45) is 9.09. The molecule has 1 amide bonds. The van der Waals surface area contributed by atoms with Crippen LogP contribution in [-0.4, -0.2) is 56.0 Å². The van der Waals surface area contributed by atoms with Crippen molar-refractivity contribution < 1.29 is 13.2 Å². The van der Waals surface area contributed by atoms with Gasteiger partial charge in [0, 0.05) is 31.1 Å². The molecular formula is C19H28N2O3S2. The molecule has 0 bridgehead atoms. The number of carbonyl (C=O) groups is 1. The molecule has 0 spiro atoms. The average Bonchev–Trinajstić information content (AvgIpc) is 2.97. The number of piperidine rings is 1. The lowest BCUT2D eigenvalue weighted by Crippen LogP contribution is -2.36. The van der Waals surface area contributed by atoms with Gasteiger partial charge in [0.1, 0.15) is 0 Å². The predicted octanol–water partition coefficient (Wildman–Crippen LogP) is 3.60. The Kier molecular flexibility index (Phi) is 6.64. The van der Waals surface area contributed by atoms with Crippen molar-refractivity contribution in [3.63, 3.8) is 0 Å². The first-order valence-electron chi connectivity index (χ1n) is 9.51. The van der Waals surface area contributed by atoms with Gasteiger partial charge in [0.25, 0.3) is 5.91 Å². The average molecular weight is 397 g/mol. The molecule has 0 aromatic heterocycles. The maximum Gasteiger partial charge on any atom is 0.255 e. The van der Waals surface area contributed by atoms with Gasteiger partial charge >= 0.3 is 0 Å². The van der Waals surface area contributed by atoms with Crippen LogP contribution in [-0.2, 0) is 10.0 Å². The number of hydrogen-bond acceptors (Lipinski definition) is 4. The van der Waals surface area contributed by atoms with Crippen LogP contribution in [0, 0.1) is 0 Å². The van der Waals surface area contributed by atoms with Crippen molar-refractivity contribution >= 4 is 27.7 Å². The van der Waals surface area contributed by atoms with Crippen LogP contribution in [0.3, 0.4) is 0 Å². The largest absolute Gasteiger partial charge is 0.339 e. The molecular weight excluding hydrogens is 368 g/mol. The first-order valence-corrected chi connectivity index (χ1v) is 12.2. The molecule has 2 aliphatic heterocycles. The third kappa shape index (κ3) is 4.26. The Morgan fingerprint density at radius 2 is 1.50 bits per heavy atom.